The molecule has 0 amide bonds. The Morgan fingerprint density at radius 1 is 1.28 bits per heavy atom. The Balaban J connectivity index is 1.97. The zero-order valence-corrected chi connectivity index (χ0v) is 11.0. The highest BCUT2D eigenvalue weighted by Crippen LogP contribution is 2.10. The van der Waals surface area contributed by atoms with Crippen LogP contribution in [0, 0.1) is 12.8 Å². The van der Waals surface area contributed by atoms with Crippen molar-refractivity contribution in [2.45, 2.75) is 27.3 Å². The van der Waals surface area contributed by atoms with Crippen LogP contribution in [0.5, 0.6) is 5.88 Å². The van der Waals surface area contributed by atoms with Gasteiger partial charge in [0, 0.05) is 12.3 Å². The van der Waals surface area contributed by atoms with Gasteiger partial charge in [-0.2, -0.15) is 5.10 Å². The van der Waals surface area contributed by atoms with Crippen molar-refractivity contribution in [1.82, 2.24) is 19.7 Å². The molecule has 0 spiro atoms. The summed E-state index contributed by atoms with van der Waals surface area (Å²) in [5.41, 5.74) is 1.08. The Morgan fingerprint density at radius 3 is 2.67 bits per heavy atom. The van der Waals surface area contributed by atoms with Crippen molar-refractivity contribution in [1.29, 1.82) is 0 Å². The van der Waals surface area contributed by atoms with E-state index in [2.05, 4.69) is 28.9 Å². The van der Waals surface area contributed by atoms with E-state index >= 15 is 0 Å². The van der Waals surface area contributed by atoms with Crippen LogP contribution in [0.25, 0.3) is 0 Å². The number of hydrogen-bond acceptors (Lipinski definition) is 4. The van der Waals surface area contributed by atoms with Gasteiger partial charge in [-0.3, -0.25) is 0 Å². The highest BCUT2D eigenvalue weighted by molar-refractivity contribution is 5.18. The average Bonchev–Trinajstić information content (AvgIpc) is 2.74. The Morgan fingerprint density at radius 2 is 2.11 bits per heavy atom. The summed E-state index contributed by atoms with van der Waals surface area (Å²) in [6, 6.07) is 3.90. The van der Waals surface area contributed by atoms with Crippen molar-refractivity contribution in [3.05, 3.63) is 36.0 Å². The topological polar surface area (TPSA) is 52.8 Å². The molecule has 96 valence electrons. The van der Waals surface area contributed by atoms with E-state index in [1.54, 1.807) is 6.33 Å². The maximum Gasteiger partial charge on any atom is 0.213 e. The normalized spacial score (nSPS) is 10.9. The lowest BCUT2D eigenvalue weighted by molar-refractivity contribution is 0.261. The van der Waals surface area contributed by atoms with Crippen LogP contribution >= 0.6 is 0 Å². The molecular weight excluding hydrogens is 228 g/mol. The highest BCUT2D eigenvalue weighted by Gasteiger charge is 2.02. The zero-order valence-electron chi connectivity index (χ0n) is 11.0. The van der Waals surface area contributed by atoms with Crippen molar-refractivity contribution in [2.24, 2.45) is 5.92 Å². The molecule has 2 aromatic heterocycles. The van der Waals surface area contributed by atoms with E-state index in [0.29, 0.717) is 24.9 Å². The first-order valence-corrected chi connectivity index (χ1v) is 6.07. The van der Waals surface area contributed by atoms with Crippen LogP contribution < -0.4 is 4.74 Å². The van der Waals surface area contributed by atoms with Crippen LogP contribution in [-0.2, 0) is 6.54 Å². The molecule has 0 radical (unpaired) electrons. The number of rotatable bonds is 5. The molecule has 0 fully saturated rings. The predicted molar refractivity (Wildman–Crippen MR) is 68.4 cm³/mol. The first kappa shape index (κ1) is 12.5. The summed E-state index contributed by atoms with van der Waals surface area (Å²) in [5.74, 6) is 2.07. The van der Waals surface area contributed by atoms with Crippen molar-refractivity contribution in [3.8, 4) is 5.88 Å². The second-order valence-corrected chi connectivity index (χ2v) is 4.67. The first-order valence-electron chi connectivity index (χ1n) is 6.07. The van der Waals surface area contributed by atoms with Gasteiger partial charge in [-0.05, 0) is 18.4 Å². The van der Waals surface area contributed by atoms with Gasteiger partial charge >= 0.3 is 0 Å². The molecule has 0 aromatic carbocycles. The van der Waals surface area contributed by atoms with E-state index in [1.807, 2.05) is 29.9 Å². The van der Waals surface area contributed by atoms with Crippen molar-refractivity contribution in [2.75, 3.05) is 6.61 Å². The predicted octanol–water partition coefficient (Wildman–Crippen LogP) is 2.06. The molecular formula is C13H18N4O. The summed E-state index contributed by atoms with van der Waals surface area (Å²) in [6.45, 7) is 7.53. The summed E-state index contributed by atoms with van der Waals surface area (Å²) < 4.78 is 7.37. The van der Waals surface area contributed by atoms with Gasteiger partial charge in [0.15, 0.2) is 0 Å². The van der Waals surface area contributed by atoms with Gasteiger partial charge in [-0.1, -0.05) is 19.9 Å². The number of aromatic nitrogens is 4. The lowest BCUT2D eigenvalue weighted by atomic mass is 10.2. The van der Waals surface area contributed by atoms with E-state index in [-0.39, 0.29) is 0 Å². The summed E-state index contributed by atoms with van der Waals surface area (Å²) in [5, 5.41) is 4.14. The van der Waals surface area contributed by atoms with Crippen LogP contribution in [0.15, 0.2) is 24.7 Å². The fourth-order valence-corrected chi connectivity index (χ4v) is 1.49. The van der Waals surface area contributed by atoms with Crippen LogP contribution in [0.2, 0.25) is 0 Å². The van der Waals surface area contributed by atoms with Crippen LogP contribution in [0.3, 0.4) is 0 Å². The molecule has 0 aliphatic rings. The van der Waals surface area contributed by atoms with Crippen molar-refractivity contribution < 1.29 is 4.74 Å². The molecule has 0 saturated carbocycles. The van der Waals surface area contributed by atoms with Gasteiger partial charge in [0.1, 0.15) is 12.2 Å². The molecule has 0 atom stereocenters. The van der Waals surface area contributed by atoms with Crippen LogP contribution in [-0.4, -0.2) is 26.4 Å². The Hall–Kier alpha value is -1.91. The molecule has 0 aliphatic heterocycles. The third-order valence-electron chi connectivity index (χ3n) is 2.50. The zero-order chi connectivity index (χ0) is 13.0. The molecule has 5 heteroatoms. The number of nitrogens with zero attached hydrogens (tertiary/aromatic N) is 4. The third-order valence-corrected chi connectivity index (χ3v) is 2.50. The summed E-state index contributed by atoms with van der Waals surface area (Å²) >= 11 is 0. The summed E-state index contributed by atoms with van der Waals surface area (Å²) in [7, 11) is 0. The maximum absolute atomic E-state index is 5.54. The molecule has 0 N–H and O–H groups in total. The maximum atomic E-state index is 5.54. The largest absolute Gasteiger partial charge is 0.477 e. The average molecular weight is 246 g/mol. The summed E-state index contributed by atoms with van der Waals surface area (Å²) in [6.07, 6.45) is 3.37. The van der Waals surface area contributed by atoms with E-state index in [9.17, 15) is 0 Å². The fourth-order valence-electron chi connectivity index (χ4n) is 1.49. The van der Waals surface area contributed by atoms with E-state index in [4.69, 9.17) is 4.74 Å². The molecule has 0 bridgehead atoms. The van der Waals surface area contributed by atoms with Crippen LogP contribution in [0.1, 0.15) is 25.2 Å². The monoisotopic (exact) mass is 246 g/mol. The van der Waals surface area contributed by atoms with Gasteiger partial charge < -0.3 is 4.74 Å². The van der Waals surface area contributed by atoms with Gasteiger partial charge in [0.2, 0.25) is 5.88 Å². The fraction of sp³-hybridized carbons (Fsp3) is 0.462. The smallest absolute Gasteiger partial charge is 0.213 e. The third kappa shape index (κ3) is 3.29. The van der Waals surface area contributed by atoms with Gasteiger partial charge in [-0.25, -0.2) is 14.6 Å². The quantitative estimate of drug-likeness (QED) is 0.810. The molecule has 5 nitrogen and oxygen atoms in total. The molecule has 2 aromatic rings. The number of hydrogen-bond donors (Lipinski definition) is 0. The van der Waals surface area contributed by atoms with E-state index in [1.165, 1.54) is 0 Å². The molecule has 2 rings (SSSR count). The highest BCUT2D eigenvalue weighted by atomic mass is 16.5. The van der Waals surface area contributed by atoms with E-state index in [0.717, 1.165) is 11.4 Å². The minimum Gasteiger partial charge on any atom is -0.477 e. The second-order valence-electron chi connectivity index (χ2n) is 4.67. The van der Waals surface area contributed by atoms with Crippen LogP contribution in [0.4, 0.5) is 0 Å². The minimum absolute atomic E-state index is 0.504. The first-order chi connectivity index (χ1) is 8.65. The van der Waals surface area contributed by atoms with Gasteiger partial charge in [0.05, 0.1) is 13.2 Å². The second kappa shape index (κ2) is 5.62. The SMILES string of the molecule is Cc1ncnn1Cc1ccc(OCC(C)C)nc1. The standard InChI is InChI=1S/C13H18N4O/c1-10(2)8-18-13-5-4-12(6-14-13)7-17-11(3)15-9-16-17/h4-6,9-10H,7-8H2,1-3H3. The number of pyridine rings is 1. The molecule has 0 aliphatic carbocycles. The Labute approximate surface area is 107 Å². The Kier molecular flexibility index (Phi) is 3.92. The van der Waals surface area contributed by atoms with Gasteiger partial charge in [0.25, 0.3) is 0 Å². The summed E-state index contributed by atoms with van der Waals surface area (Å²) in [4.78, 5) is 8.36. The molecule has 0 saturated heterocycles. The number of ether oxygens (including phenoxy) is 1. The minimum atomic E-state index is 0.504. The van der Waals surface area contributed by atoms with Crippen molar-refractivity contribution in [3.63, 3.8) is 0 Å². The lowest BCUT2D eigenvalue weighted by Gasteiger charge is -2.08. The molecule has 2 heterocycles. The van der Waals surface area contributed by atoms with E-state index < -0.39 is 0 Å². The number of aryl methyl sites for hydroxylation is 1. The lowest BCUT2D eigenvalue weighted by Crippen LogP contribution is -2.07. The van der Waals surface area contributed by atoms with Crippen molar-refractivity contribution >= 4 is 0 Å². The van der Waals surface area contributed by atoms with Gasteiger partial charge in [-0.15, -0.1) is 0 Å². The molecule has 18 heavy (non-hydrogen) atoms. The Bertz CT molecular complexity index is 490. The molecule has 0 unspecified atom stereocenters.